The minimum absolute atomic E-state index is 0.143. The van der Waals surface area contributed by atoms with E-state index in [1.54, 1.807) is 30.5 Å². The summed E-state index contributed by atoms with van der Waals surface area (Å²) in [6.45, 7) is 7.40. The third-order valence-corrected chi connectivity index (χ3v) is 11.9. The molecule has 0 amide bonds. The molecule has 1 saturated carbocycles. The van der Waals surface area contributed by atoms with Gasteiger partial charge in [0.15, 0.2) is 0 Å². The van der Waals surface area contributed by atoms with Gasteiger partial charge in [-0.25, -0.2) is 17.2 Å². The van der Waals surface area contributed by atoms with Crippen LogP contribution in [-0.4, -0.2) is 47.1 Å². The maximum absolute atomic E-state index is 13.9. The highest BCUT2D eigenvalue weighted by molar-refractivity contribution is 7.90. The van der Waals surface area contributed by atoms with E-state index in [0.29, 0.717) is 25.1 Å². The predicted molar refractivity (Wildman–Crippen MR) is 171 cm³/mol. The van der Waals surface area contributed by atoms with E-state index in [9.17, 15) is 18.3 Å². The first kappa shape index (κ1) is 29.3. The molecule has 3 atom stereocenters. The van der Waals surface area contributed by atoms with Gasteiger partial charge in [0.2, 0.25) is 0 Å². The Labute approximate surface area is 259 Å². The second kappa shape index (κ2) is 10.9. The van der Waals surface area contributed by atoms with Crippen molar-refractivity contribution >= 4 is 26.9 Å². The first-order valence-corrected chi connectivity index (χ1v) is 17.2. The van der Waals surface area contributed by atoms with Crippen molar-refractivity contribution in [1.29, 1.82) is 0 Å². The highest BCUT2D eigenvalue weighted by Crippen LogP contribution is 2.53. The SMILES string of the molecule is CCO[C@H]1C[C@H]2CC[C@@](c3ccc(C(=O)O)cc3)(C1)N2Cc1c(C2CC2)cc(C)c2c1ccn2S(=O)(=O)c1ccc(C)cc1. The Morgan fingerprint density at radius 1 is 1.02 bits per heavy atom. The fraction of sp³-hybridized carbons (Fsp3) is 0.417. The zero-order chi connectivity index (χ0) is 30.8. The number of carboxylic acid groups (broad SMARTS) is 1. The van der Waals surface area contributed by atoms with Crippen LogP contribution in [0.25, 0.3) is 10.9 Å². The molecule has 0 radical (unpaired) electrons. The third-order valence-electron chi connectivity index (χ3n) is 10.2. The van der Waals surface area contributed by atoms with Crippen LogP contribution in [0.3, 0.4) is 0 Å². The number of piperidine rings is 1. The maximum atomic E-state index is 13.9. The lowest BCUT2D eigenvalue weighted by Gasteiger charge is -2.48. The van der Waals surface area contributed by atoms with Gasteiger partial charge in [0.05, 0.1) is 22.1 Å². The van der Waals surface area contributed by atoms with Gasteiger partial charge in [0, 0.05) is 36.3 Å². The summed E-state index contributed by atoms with van der Waals surface area (Å²) in [5.41, 5.74) is 6.44. The van der Waals surface area contributed by atoms with Gasteiger partial charge in [-0.1, -0.05) is 35.9 Å². The molecule has 1 aliphatic carbocycles. The van der Waals surface area contributed by atoms with Crippen LogP contribution in [0.1, 0.15) is 89.5 Å². The van der Waals surface area contributed by atoms with Crippen molar-refractivity contribution in [3.63, 3.8) is 0 Å². The molecule has 1 aromatic heterocycles. The number of benzene rings is 3. The molecule has 2 bridgehead atoms. The summed E-state index contributed by atoms with van der Waals surface area (Å²) in [6.07, 6.45) is 7.99. The largest absolute Gasteiger partial charge is 0.478 e. The zero-order valence-corrected chi connectivity index (χ0v) is 26.4. The average Bonchev–Trinajstić information content (AvgIpc) is 3.70. The Hall–Kier alpha value is -3.46. The summed E-state index contributed by atoms with van der Waals surface area (Å²) in [5.74, 6) is -0.429. The molecule has 44 heavy (non-hydrogen) atoms. The minimum Gasteiger partial charge on any atom is -0.478 e. The van der Waals surface area contributed by atoms with E-state index in [1.807, 2.05) is 51.1 Å². The average molecular weight is 613 g/mol. The molecule has 230 valence electrons. The van der Waals surface area contributed by atoms with E-state index < -0.39 is 16.0 Å². The van der Waals surface area contributed by atoms with Crippen LogP contribution in [0.2, 0.25) is 0 Å². The Balaban J connectivity index is 1.35. The van der Waals surface area contributed by atoms with E-state index in [4.69, 9.17) is 4.74 Å². The van der Waals surface area contributed by atoms with Gasteiger partial charge in [0.25, 0.3) is 10.0 Å². The minimum atomic E-state index is -3.78. The number of hydrogen-bond acceptors (Lipinski definition) is 5. The number of ether oxygens (including phenoxy) is 1. The number of fused-ring (bicyclic) bond motifs is 3. The Kier molecular flexibility index (Phi) is 7.22. The van der Waals surface area contributed by atoms with Crippen LogP contribution in [0.4, 0.5) is 0 Å². The molecular formula is C36H40N2O5S. The Morgan fingerprint density at radius 2 is 1.75 bits per heavy atom. The summed E-state index contributed by atoms with van der Waals surface area (Å²) in [5, 5.41) is 10.6. The number of carboxylic acids is 1. The number of aryl methyl sites for hydroxylation is 2. The molecule has 2 aliphatic heterocycles. The van der Waals surface area contributed by atoms with Crippen molar-refractivity contribution < 1.29 is 23.1 Å². The van der Waals surface area contributed by atoms with Crippen molar-refractivity contribution in [3.05, 3.63) is 100 Å². The highest BCUT2D eigenvalue weighted by atomic mass is 32.2. The van der Waals surface area contributed by atoms with Gasteiger partial charge in [-0.05, 0) is 118 Å². The van der Waals surface area contributed by atoms with Gasteiger partial charge in [0.1, 0.15) is 0 Å². The highest BCUT2D eigenvalue weighted by Gasteiger charge is 2.53. The van der Waals surface area contributed by atoms with Crippen LogP contribution >= 0.6 is 0 Å². The maximum Gasteiger partial charge on any atom is 0.335 e. The van der Waals surface area contributed by atoms with E-state index in [-0.39, 0.29) is 22.1 Å². The molecule has 7 nitrogen and oxygen atoms in total. The van der Waals surface area contributed by atoms with Gasteiger partial charge in [-0.15, -0.1) is 0 Å². The molecule has 2 saturated heterocycles. The molecule has 3 aliphatic rings. The summed E-state index contributed by atoms with van der Waals surface area (Å²) >= 11 is 0. The van der Waals surface area contributed by atoms with Crippen molar-refractivity contribution in [1.82, 2.24) is 8.87 Å². The van der Waals surface area contributed by atoms with E-state index in [2.05, 4.69) is 11.0 Å². The fourth-order valence-corrected chi connectivity index (χ4v) is 9.41. The smallest absolute Gasteiger partial charge is 0.335 e. The van der Waals surface area contributed by atoms with E-state index in [0.717, 1.165) is 66.1 Å². The van der Waals surface area contributed by atoms with Gasteiger partial charge < -0.3 is 9.84 Å². The van der Waals surface area contributed by atoms with Gasteiger partial charge in [-0.2, -0.15) is 0 Å². The predicted octanol–water partition coefficient (Wildman–Crippen LogP) is 7.13. The molecule has 8 heteroatoms. The summed E-state index contributed by atoms with van der Waals surface area (Å²) in [7, 11) is -3.78. The van der Waals surface area contributed by atoms with E-state index in [1.165, 1.54) is 15.1 Å². The Morgan fingerprint density at radius 3 is 2.41 bits per heavy atom. The second-order valence-electron chi connectivity index (χ2n) is 13.0. The fourth-order valence-electron chi connectivity index (χ4n) is 7.99. The summed E-state index contributed by atoms with van der Waals surface area (Å²) in [6, 6.07) is 19.0. The number of aromatic nitrogens is 1. The molecule has 3 heterocycles. The molecule has 1 N–H and O–H groups in total. The first-order valence-electron chi connectivity index (χ1n) is 15.8. The van der Waals surface area contributed by atoms with Gasteiger partial charge in [-0.3, -0.25) is 4.90 Å². The number of carbonyl (C=O) groups is 1. The molecule has 3 fully saturated rings. The quantitative estimate of drug-likeness (QED) is 0.216. The number of nitrogens with zero attached hydrogens (tertiary/aromatic N) is 2. The molecule has 3 aromatic carbocycles. The second-order valence-corrected chi connectivity index (χ2v) is 14.8. The summed E-state index contributed by atoms with van der Waals surface area (Å²) in [4.78, 5) is 14.6. The van der Waals surface area contributed by atoms with Crippen LogP contribution in [0.5, 0.6) is 0 Å². The van der Waals surface area contributed by atoms with Crippen LogP contribution < -0.4 is 0 Å². The number of rotatable bonds is 9. The lowest BCUT2D eigenvalue weighted by atomic mass is 9.79. The third kappa shape index (κ3) is 4.78. The van der Waals surface area contributed by atoms with Crippen molar-refractivity contribution in [2.75, 3.05) is 6.61 Å². The molecular weight excluding hydrogens is 572 g/mol. The topological polar surface area (TPSA) is 88.8 Å². The van der Waals surface area contributed by atoms with Gasteiger partial charge >= 0.3 is 5.97 Å². The van der Waals surface area contributed by atoms with Crippen molar-refractivity contribution in [2.45, 2.75) is 94.3 Å². The molecule has 4 aromatic rings. The normalized spacial score (nSPS) is 23.8. The molecule has 0 spiro atoms. The van der Waals surface area contributed by atoms with E-state index >= 15 is 0 Å². The van der Waals surface area contributed by atoms with Crippen molar-refractivity contribution in [3.8, 4) is 0 Å². The standard InChI is InChI=1S/C36H40N2O5S/c1-4-43-29-20-28-15-17-36(21-29,27-11-9-26(10-12-27)35(39)40)37(28)22-33-31-16-18-38(34(31)24(3)19-32(33)25-7-8-25)44(41,42)30-13-5-23(2)6-14-30/h5-6,9-14,16,18-19,25,28-29H,4,7-8,15,17,20-22H2,1-3H3,(H,39,40)/t28-,29+,36+/m1/s1. The number of hydrogen-bond donors (Lipinski definition) is 1. The lowest BCUT2D eigenvalue weighted by molar-refractivity contribution is -0.0592. The summed E-state index contributed by atoms with van der Waals surface area (Å²) < 4.78 is 35.5. The zero-order valence-electron chi connectivity index (χ0n) is 25.6. The van der Waals surface area contributed by atoms with Crippen LogP contribution in [-0.2, 0) is 26.8 Å². The van der Waals surface area contributed by atoms with Crippen LogP contribution in [0.15, 0.2) is 71.8 Å². The first-order chi connectivity index (χ1) is 21.1. The Bertz CT molecular complexity index is 1840. The monoisotopic (exact) mass is 612 g/mol. The van der Waals surface area contributed by atoms with Crippen molar-refractivity contribution in [2.24, 2.45) is 0 Å². The molecule has 7 rings (SSSR count). The number of aromatic carboxylic acids is 1. The molecule has 0 unspecified atom stereocenters. The lowest BCUT2D eigenvalue weighted by Crippen LogP contribution is -2.52. The van der Waals surface area contributed by atoms with Crippen LogP contribution in [0, 0.1) is 13.8 Å².